The van der Waals surface area contributed by atoms with Crippen molar-refractivity contribution >= 4 is 41.3 Å². The van der Waals surface area contributed by atoms with Gasteiger partial charge in [-0.2, -0.15) is 0 Å². The van der Waals surface area contributed by atoms with E-state index < -0.39 is 0 Å². The van der Waals surface area contributed by atoms with Crippen LogP contribution in [0.4, 0.5) is 0 Å². The smallest absolute Gasteiger partial charge is 0.190 e. The number of rotatable bonds is 7. The number of hydrogen-bond donors (Lipinski definition) is 3. The van der Waals surface area contributed by atoms with E-state index in [1.54, 1.807) is 30.5 Å². The molecule has 0 spiro atoms. The number of halogens is 1. The Morgan fingerprint density at radius 3 is 2.50 bits per heavy atom. The summed E-state index contributed by atoms with van der Waals surface area (Å²) in [4.78, 5) is 9.83. The molecule has 3 N–H and O–H groups in total. The van der Waals surface area contributed by atoms with E-state index in [-0.39, 0.29) is 24.0 Å². The normalized spacial score (nSPS) is 11.0. The molecule has 0 unspecified atom stereocenters. The van der Waals surface area contributed by atoms with Crippen LogP contribution in [0.15, 0.2) is 35.5 Å². The van der Waals surface area contributed by atoms with E-state index in [0.717, 1.165) is 43.3 Å². The summed E-state index contributed by atoms with van der Waals surface area (Å²) in [7, 11) is 1.78. The highest BCUT2D eigenvalue weighted by molar-refractivity contribution is 14.0. The molecular weight excluding hydrogens is 435 g/mol. The lowest BCUT2D eigenvalue weighted by atomic mass is 10.1. The number of phenolic OH excluding ortho intramolecular Hbond substituents is 1. The Balaban J connectivity index is 0.00000288. The molecule has 0 saturated carbocycles. The van der Waals surface area contributed by atoms with Crippen LogP contribution in [-0.4, -0.2) is 36.2 Å². The number of aliphatic imine (C=N–C) groups is 1. The van der Waals surface area contributed by atoms with Gasteiger partial charge in [0.15, 0.2) is 5.96 Å². The number of aromatic hydroxyl groups is 1. The third kappa shape index (κ3) is 7.48. The van der Waals surface area contributed by atoms with Gasteiger partial charge in [0.05, 0.1) is 5.01 Å². The zero-order valence-electron chi connectivity index (χ0n) is 14.1. The van der Waals surface area contributed by atoms with Crippen molar-refractivity contribution in [1.82, 2.24) is 15.6 Å². The minimum atomic E-state index is 0. The molecule has 0 atom stereocenters. The quantitative estimate of drug-likeness (QED) is 0.257. The lowest BCUT2D eigenvalue weighted by Gasteiger charge is -2.11. The van der Waals surface area contributed by atoms with Crippen LogP contribution in [0, 0.1) is 6.92 Å². The van der Waals surface area contributed by atoms with Gasteiger partial charge in [-0.1, -0.05) is 12.1 Å². The maximum atomic E-state index is 9.26. The summed E-state index contributed by atoms with van der Waals surface area (Å²) >= 11 is 1.74. The first-order valence-corrected chi connectivity index (χ1v) is 8.63. The molecule has 5 nitrogen and oxygen atoms in total. The Labute approximate surface area is 164 Å². The summed E-state index contributed by atoms with van der Waals surface area (Å²) < 4.78 is 0. The highest BCUT2D eigenvalue weighted by Gasteiger charge is 2.01. The van der Waals surface area contributed by atoms with Gasteiger partial charge in [0.25, 0.3) is 0 Å². The van der Waals surface area contributed by atoms with Crippen LogP contribution < -0.4 is 10.6 Å². The van der Waals surface area contributed by atoms with Gasteiger partial charge in [-0.15, -0.1) is 35.3 Å². The van der Waals surface area contributed by atoms with Crippen molar-refractivity contribution in [3.05, 3.63) is 45.9 Å². The Kier molecular flexibility index (Phi) is 9.70. The molecule has 7 heteroatoms. The highest BCUT2D eigenvalue weighted by atomic mass is 127. The number of aryl methyl sites for hydroxylation is 2. The maximum absolute atomic E-state index is 9.26. The van der Waals surface area contributed by atoms with Crippen LogP contribution in [-0.2, 0) is 12.8 Å². The average molecular weight is 460 g/mol. The summed E-state index contributed by atoms with van der Waals surface area (Å²) in [5.74, 6) is 1.14. The number of benzene rings is 1. The topological polar surface area (TPSA) is 69.5 Å². The van der Waals surface area contributed by atoms with Crippen molar-refractivity contribution in [1.29, 1.82) is 0 Å². The van der Waals surface area contributed by atoms with E-state index in [0.29, 0.717) is 5.75 Å². The fourth-order valence-corrected chi connectivity index (χ4v) is 2.97. The molecule has 0 bridgehead atoms. The van der Waals surface area contributed by atoms with Crippen molar-refractivity contribution in [2.24, 2.45) is 4.99 Å². The summed E-state index contributed by atoms with van der Waals surface area (Å²) in [5.41, 5.74) is 1.23. The van der Waals surface area contributed by atoms with Crippen molar-refractivity contribution in [3.63, 3.8) is 0 Å². The lowest BCUT2D eigenvalue weighted by Crippen LogP contribution is -2.38. The molecule has 1 aromatic carbocycles. The van der Waals surface area contributed by atoms with Gasteiger partial charge in [0.2, 0.25) is 0 Å². The molecule has 0 saturated heterocycles. The van der Waals surface area contributed by atoms with E-state index >= 15 is 0 Å². The second-order valence-corrected chi connectivity index (χ2v) is 6.63. The molecule has 1 aromatic heterocycles. The molecule has 132 valence electrons. The third-order valence-corrected chi connectivity index (χ3v) is 4.37. The van der Waals surface area contributed by atoms with E-state index in [1.165, 1.54) is 10.4 Å². The Morgan fingerprint density at radius 2 is 1.88 bits per heavy atom. The van der Waals surface area contributed by atoms with E-state index in [2.05, 4.69) is 27.5 Å². The zero-order chi connectivity index (χ0) is 16.5. The summed E-state index contributed by atoms with van der Waals surface area (Å²) in [5, 5.41) is 17.0. The van der Waals surface area contributed by atoms with Crippen LogP contribution >= 0.6 is 35.3 Å². The molecule has 24 heavy (non-hydrogen) atoms. The van der Waals surface area contributed by atoms with Gasteiger partial charge < -0.3 is 15.7 Å². The minimum Gasteiger partial charge on any atom is -0.508 e. The van der Waals surface area contributed by atoms with Crippen LogP contribution in [0.5, 0.6) is 5.75 Å². The molecule has 0 radical (unpaired) electrons. The Bertz CT molecular complexity index is 628. The van der Waals surface area contributed by atoms with Crippen LogP contribution in [0.2, 0.25) is 0 Å². The Morgan fingerprint density at radius 1 is 1.17 bits per heavy atom. The summed E-state index contributed by atoms with van der Waals surface area (Å²) in [6, 6.07) is 7.37. The van der Waals surface area contributed by atoms with Gasteiger partial charge >= 0.3 is 0 Å². The zero-order valence-corrected chi connectivity index (χ0v) is 17.2. The number of guanidine groups is 1. The lowest BCUT2D eigenvalue weighted by molar-refractivity contribution is 0.475. The second-order valence-electron chi connectivity index (χ2n) is 5.31. The number of thiazole rings is 1. The predicted molar refractivity (Wildman–Crippen MR) is 112 cm³/mol. The van der Waals surface area contributed by atoms with Gasteiger partial charge in [-0.3, -0.25) is 4.99 Å². The predicted octanol–water partition coefficient (Wildman–Crippen LogP) is 3.12. The van der Waals surface area contributed by atoms with Gasteiger partial charge in [0, 0.05) is 37.6 Å². The molecule has 0 aliphatic rings. The van der Waals surface area contributed by atoms with E-state index in [4.69, 9.17) is 0 Å². The standard InChI is InChI=1S/C17H24N4OS.HI/c1-13-12-21-16(23-13)9-11-20-17(18-2)19-10-3-4-14-5-7-15(22)8-6-14;/h5-8,12,22H,3-4,9-11H2,1-2H3,(H2,18,19,20);1H. The van der Waals surface area contributed by atoms with E-state index in [9.17, 15) is 5.11 Å². The number of hydrogen-bond acceptors (Lipinski definition) is 4. The molecule has 1 heterocycles. The monoisotopic (exact) mass is 460 g/mol. The molecule has 0 amide bonds. The van der Waals surface area contributed by atoms with Crippen molar-refractivity contribution in [2.45, 2.75) is 26.2 Å². The highest BCUT2D eigenvalue weighted by Crippen LogP contribution is 2.11. The maximum Gasteiger partial charge on any atom is 0.190 e. The first-order chi connectivity index (χ1) is 11.2. The fourth-order valence-electron chi connectivity index (χ4n) is 2.19. The number of nitrogens with one attached hydrogen (secondary N) is 2. The molecule has 2 rings (SSSR count). The van der Waals surface area contributed by atoms with Crippen LogP contribution in [0.3, 0.4) is 0 Å². The fraction of sp³-hybridized carbons (Fsp3) is 0.412. The molecule has 0 aliphatic heterocycles. The van der Waals surface area contributed by atoms with Crippen molar-refractivity contribution in [3.8, 4) is 5.75 Å². The molecule has 0 aliphatic carbocycles. The number of phenols is 1. The molecule has 2 aromatic rings. The van der Waals surface area contributed by atoms with Crippen molar-refractivity contribution in [2.75, 3.05) is 20.1 Å². The van der Waals surface area contributed by atoms with Gasteiger partial charge in [0.1, 0.15) is 5.75 Å². The van der Waals surface area contributed by atoms with Crippen molar-refractivity contribution < 1.29 is 5.11 Å². The van der Waals surface area contributed by atoms with Crippen LogP contribution in [0.25, 0.3) is 0 Å². The Hall–Kier alpha value is -1.35. The number of aromatic nitrogens is 1. The largest absolute Gasteiger partial charge is 0.508 e. The SMILES string of the molecule is CN=C(NCCCc1ccc(O)cc1)NCCc1ncc(C)s1.I. The third-order valence-electron chi connectivity index (χ3n) is 3.40. The minimum absolute atomic E-state index is 0. The molecule has 0 fully saturated rings. The second kappa shape index (κ2) is 11.2. The van der Waals surface area contributed by atoms with Gasteiger partial charge in [-0.05, 0) is 37.5 Å². The van der Waals surface area contributed by atoms with E-state index in [1.807, 2.05) is 18.3 Å². The first-order valence-electron chi connectivity index (χ1n) is 7.81. The summed E-state index contributed by atoms with van der Waals surface area (Å²) in [6.07, 6.45) is 4.81. The van der Waals surface area contributed by atoms with Gasteiger partial charge in [-0.25, -0.2) is 4.98 Å². The first kappa shape index (κ1) is 20.7. The molecular formula is C17H25IN4OS. The van der Waals surface area contributed by atoms with Crippen LogP contribution in [0.1, 0.15) is 21.9 Å². The summed E-state index contributed by atoms with van der Waals surface area (Å²) in [6.45, 7) is 3.75. The number of nitrogens with zero attached hydrogens (tertiary/aromatic N) is 2. The average Bonchev–Trinajstić information content (AvgIpc) is 2.97.